The first-order valence-corrected chi connectivity index (χ1v) is 9.55. The molecular weight excluding hydrogens is 392 g/mol. The Labute approximate surface area is 176 Å². The molecule has 0 radical (unpaired) electrons. The fourth-order valence-corrected chi connectivity index (χ4v) is 2.08. The SMILES string of the molecule is Cc1nc(C(=O)NC(N)=NCCCOCCCNC(=O)OC(C)(C)C)c(N)nc1N. The van der Waals surface area contributed by atoms with Crippen LogP contribution in [0.15, 0.2) is 4.99 Å². The van der Waals surface area contributed by atoms with Crippen LogP contribution in [-0.4, -0.2) is 59.8 Å². The standard InChI is InChI=1S/C18H32N8O4/c1-11-13(19)25-14(20)12(24-11)15(27)26-16(21)22-7-5-9-29-10-6-8-23-17(28)30-18(2,3)4/h5-10H2,1-4H3,(H,23,28)(H4,19,20,25)(H3,21,22,26,27). The van der Waals surface area contributed by atoms with E-state index in [1.54, 1.807) is 27.7 Å². The molecular formula is C18H32N8O4. The van der Waals surface area contributed by atoms with E-state index in [-0.39, 0.29) is 23.3 Å². The van der Waals surface area contributed by atoms with Gasteiger partial charge in [0.1, 0.15) is 11.4 Å². The number of hydrogen-bond acceptors (Lipinski definition) is 9. The van der Waals surface area contributed by atoms with Gasteiger partial charge in [0.05, 0.1) is 5.69 Å². The highest BCUT2D eigenvalue weighted by Crippen LogP contribution is 2.11. The normalized spacial score (nSPS) is 11.8. The fraction of sp³-hybridized carbons (Fsp3) is 0.611. The van der Waals surface area contributed by atoms with Crippen molar-refractivity contribution in [3.63, 3.8) is 0 Å². The van der Waals surface area contributed by atoms with E-state index in [0.29, 0.717) is 44.8 Å². The predicted molar refractivity (Wildman–Crippen MR) is 114 cm³/mol. The molecule has 0 spiro atoms. The number of nitrogen functional groups attached to an aromatic ring is 2. The highest BCUT2D eigenvalue weighted by molar-refractivity contribution is 6.06. The van der Waals surface area contributed by atoms with Crippen LogP contribution in [-0.2, 0) is 9.47 Å². The molecule has 0 aliphatic rings. The molecule has 1 heterocycles. The molecule has 1 rings (SSSR count). The van der Waals surface area contributed by atoms with Crippen molar-refractivity contribution in [2.24, 2.45) is 10.7 Å². The van der Waals surface area contributed by atoms with Gasteiger partial charge in [0.15, 0.2) is 17.5 Å². The Balaban J connectivity index is 2.19. The summed E-state index contributed by atoms with van der Waals surface area (Å²) in [6.07, 6.45) is 0.819. The number of ether oxygens (including phenoxy) is 2. The molecule has 1 aromatic rings. The Hall–Kier alpha value is -3.15. The molecule has 0 fully saturated rings. The summed E-state index contributed by atoms with van der Waals surface area (Å²) in [7, 11) is 0. The lowest BCUT2D eigenvalue weighted by Crippen LogP contribution is -2.38. The summed E-state index contributed by atoms with van der Waals surface area (Å²) in [5, 5.41) is 5.05. The molecule has 8 N–H and O–H groups in total. The van der Waals surface area contributed by atoms with Crippen molar-refractivity contribution in [2.75, 3.05) is 37.8 Å². The molecule has 168 valence electrons. The van der Waals surface area contributed by atoms with Crippen molar-refractivity contribution in [3.8, 4) is 0 Å². The van der Waals surface area contributed by atoms with Crippen LogP contribution in [0.5, 0.6) is 0 Å². The zero-order chi connectivity index (χ0) is 22.7. The van der Waals surface area contributed by atoms with Crippen LogP contribution >= 0.6 is 0 Å². The second kappa shape index (κ2) is 11.8. The smallest absolute Gasteiger partial charge is 0.407 e. The van der Waals surface area contributed by atoms with Gasteiger partial charge in [-0.05, 0) is 40.5 Å². The number of amides is 2. The zero-order valence-corrected chi connectivity index (χ0v) is 17.9. The second-order valence-electron chi connectivity index (χ2n) is 7.40. The Bertz CT molecular complexity index is 761. The van der Waals surface area contributed by atoms with Crippen molar-refractivity contribution >= 4 is 29.6 Å². The van der Waals surface area contributed by atoms with Crippen LogP contribution < -0.4 is 27.8 Å². The zero-order valence-electron chi connectivity index (χ0n) is 17.9. The summed E-state index contributed by atoms with van der Waals surface area (Å²) in [4.78, 5) is 35.5. The minimum Gasteiger partial charge on any atom is -0.444 e. The Morgan fingerprint density at radius 1 is 1.10 bits per heavy atom. The topological polar surface area (TPSA) is 193 Å². The van der Waals surface area contributed by atoms with Gasteiger partial charge in [-0.15, -0.1) is 0 Å². The first-order chi connectivity index (χ1) is 14.0. The highest BCUT2D eigenvalue weighted by atomic mass is 16.6. The minimum absolute atomic E-state index is 0.0581. The van der Waals surface area contributed by atoms with Crippen LogP contribution in [0.3, 0.4) is 0 Å². The molecule has 0 aliphatic heterocycles. The van der Waals surface area contributed by atoms with E-state index in [4.69, 9.17) is 26.7 Å². The lowest BCUT2D eigenvalue weighted by Gasteiger charge is -2.19. The van der Waals surface area contributed by atoms with Gasteiger partial charge in [-0.1, -0.05) is 0 Å². The number of aromatic nitrogens is 2. The first kappa shape index (κ1) is 24.9. The van der Waals surface area contributed by atoms with Crippen LogP contribution in [0.2, 0.25) is 0 Å². The van der Waals surface area contributed by atoms with Gasteiger partial charge >= 0.3 is 6.09 Å². The van der Waals surface area contributed by atoms with Gasteiger partial charge in [-0.2, -0.15) is 0 Å². The Morgan fingerprint density at radius 2 is 1.77 bits per heavy atom. The van der Waals surface area contributed by atoms with Gasteiger partial charge in [0, 0.05) is 26.3 Å². The van der Waals surface area contributed by atoms with Crippen LogP contribution in [0.1, 0.15) is 49.8 Å². The molecule has 0 saturated heterocycles. The summed E-state index contributed by atoms with van der Waals surface area (Å²) < 4.78 is 10.6. The van der Waals surface area contributed by atoms with E-state index in [9.17, 15) is 9.59 Å². The largest absolute Gasteiger partial charge is 0.444 e. The molecule has 0 bridgehead atoms. The average molecular weight is 425 g/mol. The van der Waals surface area contributed by atoms with Gasteiger partial charge in [-0.3, -0.25) is 15.1 Å². The number of anilines is 2. The average Bonchev–Trinajstić information content (AvgIpc) is 2.61. The Morgan fingerprint density at radius 3 is 2.43 bits per heavy atom. The maximum Gasteiger partial charge on any atom is 0.407 e. The van der Waals surface area contributed by atoms with E-state index in [1.807, 2.05) is 0 Å². The Kier molecular flexibility index (Phi) is 9.75. The number of alkyl carbamates (subject to hydrolysis) is 1. The van der Waals surface area contributed by atoms with Gasteiger partial charge < -0.3 is 32.0 Å². The third-order valence-electron chi connectivity index (χ3n) is 3.45. The summed E-state index contributed by atoms with van der Waals surface area (Å²) >= 11 is 0. The number of carbonyl (C=O) groups is 2. The quantitative estimate of drug-likeness (QED) is 0.211. The molecule has 0 atom stereocenters. The molecule has 0 aliphatic carbocycles. The molecule has 0 saturated carbocycles. The number of aliphatic imine (C=N–C) groups is 1. The maximum atomic E-state index is 12.1. The van der Waals surface area contributed by atoms with Crippen molar-refractivity contribution < 1.29 is 19.1 Å². The van der Waals surface area contributed by atoms with Crippen LogP contribution in [0.4, 0.5) is 16.4 Å². The van der Waals surface area contributed by atoms with Gasteiger partial charge in [0.2, 0.25) is 0 Å². The van der Waals surface area contributed by atoms with Crippen molar-refractivity contribution in [2.45, 2.75) is 46.1 Å². The van der Waals surface area contributed by atoms with Gasteiger partial charge in [-0.25, -0.2) is 14.8 Å². The summed E-state index contributed by atoms with van der Waals surface area (Å²) in [6, 6.07) is 0. The number of nitrogens with zero attached hydrogens (tertiary/aromatic N) is 3. The number of aryl methyl sites for hydroxylation is 1. The first-order valence-electron chi connectivity index (χ1n) is 9.55. The third kappa shape index (κ3) is 9.87. The minimum atomic E-state index is -0.613. The lowest BCUT2D eigenvalue weighted by molar-refractivity contribution is 0.0519. The van der Waals surface area contributed by atoms with Crippen molar-refractivity contribution in [3.05, 3.63) is 11.4 Å². The third-order valence-corrected chi connectivity index (χ3v) is 3.45. The van der Waals surface area contributed by atoms with E-state index < -0.39 is 17.6 Å². The summed E-state index contributed by atoms with van der Waals surface area (Å²) in [5.74, 6) is -0.598. The number of rotatable bonds is 9. The monoisotopic (exact) mass is 424 g/mol. The molecule has 0 unspecified atom stereocenters. The van der Waals surface area contributed by atoms with Gasteiger partial charge in [0.25, 0.3) is 5.91 Å². The number of nitrogens with one attached hydrogen (secondary N) is 2. The predicted octanol–water partition coefficient (Wildman–Crippen LogP) is 0.315. The molecule has 1 aromatic heterocycles. The highest BCUT2D eigenvalue weighted by Gasteiger charge is 2.16. The van der Waals surface area contributed by atoms with Crippen molar-refractivity contribution in [1.29, 1.82) is 0 Å². The van der Waals surface area contributed by atoms with E-state index in [2.05, 4.69) is 25.6 Å². The number of carbonyl (C=O) groups excluding carboxylic acids is 2. The van der Waals surface area contributed by atoms with Crippen molar-refractivity contribution in [1.82, 2.24) is 20.6 Å². The molecule has 0 aromatic carbocycles. The molecule has 12 nitrogen and oxygen atoms in total. The lowest BCUT2D eigenvalue weighted by atomic mass is 10.2. The van der Waals surface area contributed by atoms with E-state index in [1.165, 1.54) is 0 Å². The molecule has 12 heteroatoms. The molecule has 30 heavy (non-hydrogen) atoms. The van der Waals surface area contributed by atoms with Crippen LogP contribution in [0, 0.1) is 6.92 Å². The van der Waals surface area contributed by atoms with Crippen LogP contribution in [0.25, 0.3) is 0 Å². The number of hydrogen-bond donors (Lipinski definition) is 5. The maximum absolute atomic E-state index is 12.1. The molecule has 2 amide bonds. The number of nitrogens with two attached hydrogens (primary N) is 3. The summed E-state index contributed by atoms with van der Waals surface area (Å²) in [6.45, 7) is 8.81. The fourth-order valence-electron chi connectivity index (χ4n) is 2.08. The summed E-state index contributed by atoms with van der Waals surface area (Å²) in [5.41, 5.74) is 16.7. The van der Waals surface area contributed by atoms with E-state index in [0.717, 1.165) is 0 Å². The number of guanidine groups is 1. The van der Waals surface area contributed by atoms with E-state index >= 15 is 0 Å². The second-order valence-corrected chi connectivity index (χ2v) is 7.40.